The van der Waals surface area contributed by atoms with E-state index < -0.39 is 29.7 Å². The molecule has 7 aliphatic rings. The molecule has 1 saturated carbocycles. The van der Waals surface area contributed by atoms with Gasteiger partial charge in [0.05, 0.1) is 58.2 Å². The van der Waals surface area contributed by atoms with Crippen molar-refractivity contribution in [2.45, 2.75) is 148 Å². The summed E-state index contributed by atoms with van der Waals surface area (Å²) in [5.74, 6) is -0.668. The number of anilines is 3. The third-order valence-electron chi connectivity index (χ3n) is 19.3. The van der Waals surface area contributed by atoms with E-state index in [9.17, 15) is 38.4 Å². The van der Waals surface area contributed by atoms with E-state index >= 15 is 0 Å². The van der Waals surface area contributed by atoms with E-state index in [1.165, 1.54) is 24.8 Å². The van der Waals surface area contributed by atoms with Crippen LogP contribution < -0.4 is 30.7 Å². The maximum Gasteiger partial charge on any atom is 0.262 e. The lowest BCUT2D eigenvalue weighted by Gasteiger charge is -2.40. The van der Waals surface area contributed by atoms with Crippen LogP contribution in [0.3, 0.4) is 0 Å². The van der Waals surface area contributed by atoms with Gasteiger partial charge in [-0.3, -0.25) is 48.2 Å². The molecule has 3 aromatic carbocycles. The minimum atomic E-state index is -0.912. The largest absolute Gasteiger partial charge is 0.489 e. The quantitative estimate of drug-likeness (QED) is 0.0596. The average Bonchev–Trinajstić information content (AvgIpc) is 1.67. The number of benzene rings is 3. The van der Waals surface area contributed by atoms with Crippen LogP contribution in [-0.2, 0) is 34.0 Å². The summed E-state index contributed by atoms with van der Waals surface area (Å²) >= 11 is 0. The van der Waals surface area contributed by atoms with E-state index in [2.05, 4.69) is 45.4 Å². The number of imide groups is 1. The highest BCUT2D eigenvalue weighted by Crippen LogP contribution is 2.40. The summed E-state index contributed by atoms with van der Waals surface area (Å²) in [4.78, 5) is 134. The molecule has 3 saturated heterocycles. The Hall–Kier alpha value is -9.42. The summed E-state index contributed by atoms with van der Waals surface area (Å²) in [5, 5.41) is 10.7. The summed E-state index contributed by atoms with van der Waals surface area (Å²) in [5.41, 5.74) is 12.5. The van der Waals surface area contributed by atoms with Gasteiger partial charge >= 0.3 is 0 Å². The molecule has 1 aliphatic carbocycles. The molecule has 9 heterocycles. The van der Waals surface area contributed by atoms with Gasteiger partial charge in [0.25, 0.3) is 35.4 Å². The Morgan fingerprint density at radius 3 is 1.88 bits per heavy atom. The number of hydrogen-bond acceptors (Lipinski definition) is 18. The van der Waals surface area contributed by atoms with Crippen LogP contribution in [-0.4, -0.2) is 172 Å². The molecular weight excluding hydrogens is 1180 g/mol. The second-order valence-corrected chi connectivity index (χ2v) is 26.1. The molecule has 6 amide bonds. The highest BCUT2D eigenvalue weighted by molar-refractivity contribution is 6.25. The number of Topliss-reactive ketones (excluding diaryl/α,β-unsaturated/α-hetero) is 2. The molecule has 13 rings (SSSR count). The fraction of sp³-hybridized carbons (Fsp3) is 0.449. The number of nitrogens with one attached hydrogen (secondary N) is 2. The number of carbonyl (C=O) groups is 8. The van der Waals surface area contributed by atoms with E-state index in [-0.39, 0.29) is 83.9 Å². The van der Waals surface area contributed by atoms with Crippen molar-refractivity contribution in [1.29, 1.82) is 0 Å². The predicted molar refractivity (Wildman–Crippen MR) is 344 cm³/mol. The van der Waals surface area contributed by atoms with Gasteiger partial charge in [-0.2, -0.15) is 5.10 Å². The first-order chi connectivity index (χ1) is 45.0. The molecule has 0 spiro atoms. The second kappa shape index (κ2) is 26.3. The minimum Gasteiger partial charge on any atom is -0.489 e. The SMILES string of the molecule is CC(C)Oc1cc2c(cc1NC(=O)C(=CN)c1ncccn1)CN(C1CCN(Cc3ccnc4c(C(=O)Nc5cc6c(cc5OC(C)C)C(=O)N(C5CCN(CC7CCN(c8ccc9c(c8)C(=O)N(C8CCC(=O)CCCC8=O)C9=O)CC7)CC5)C6)cnn34)CC1)C2=O. The van der Waals surface area contributed by atoms with Crippen molar-refractivity contribution in [1.82, 2.24) is 49.1 Å². The lowest BCUT2D eigenvalue weighted by atomic mass is 9.93. The number of piperidine rings is 3. The molecule has 1 atom stereocenters. The standard InChI is InChI=1S/C69H78N14O10/c1-40(2)92-60-32-51-43(29-56(60)75-64(86)54(34-70)62-71-20-6-21-72-62)37-81(67(51)89)46-18-25-78(26-19-46)39-48-13-22-73-63-55(35-74-83(48)63)65(87)76-57-30-44-38-80(66(88)52(44)33-61(57)93-41(3)4)45-16-23-77(24-17-45)36-42-14-27-79(28-15-42)47-9-11-50-53(31-47)69(91)82(68(50)90)58-12-10-49(84)7-5-8-59(58)85/h6,9,11,13,20-22,29-35,40-42,45-46,58H,5,7-8,10,12,14-19,23-28,36-39,70H2,1-4H3,(H,75,86)(H,76,87). The van der Waals surface area contributed by atoms with Crippen molar-refractivity contribution in [2.24, 2.45) is 11.7 Å². The second-order valence-electron chi connectivity index (χ2n) is 26.1. The van der Waals surface area contributed by atoms with Gasteiger partial charge in [0, 0.05) is 138 Å². The molecule has 0 bridgehead atoms. The number of ether oxygens (including phenoxy) is 2. The summed E-state index contributed by atoms with van der Waals surface area (Å²) in [6, 6.07) is 15.2. The normalized spacial score (nSPS) is 19.8. The fourth-order valence-electron chi connectivity index (χ4n) is 14.5. The van der Waals surface area contributed by atoms with Gasteiger partial charge < -0.3 is 45.4 Å². The summed E-state index contributed by atoms with van der Waals surface area (Å²) in [7, 11) is 0. The van der Waals surface area contributed by atoms with Gasteiger partial charge in [0.1, 0.15) is 22.8 Å². The lowest BCUT2D eigenvalue weighted by molar-refractivity contribution is -0.126. The molecule has 6 aliphatic heterocycles. The Balaban J connectivity index is 0.596. The van der Waals surface area contributed by atoms with E-state index in [0.717, 1.165) is 98.7 Å². The Morgan fingerprint density at radius 1 is 0.645 bits per heavy atom. The van der Waals surface area contributed by atoms with Gasteiger partial charge in [-0.05, 0) is 151 Å². The first kappa shape index (κ1) is 62.4. The fourth-order valence-corrected chi connectivity index (χ4v) is 14.5. The van der Waals surface area contributed by atoms with E-state index in [1.807, 2.05) is 55.7 Å². The number of hydrogen-bond donors (Lipinski definition) is 3. The zero-order chi connectivity index (χ0) is 64.8. The highest BCUT2D eigenvalue weighted by Gasteiger charge is 2.44. The van der Waals surface area contributed by atoms with Gasteiger partial charge in [0.15, 0.2) is 17.3 Å². The molecule has 3 aromatic heterocycles. The van der Waals surface area contributed by atoms with Crippen LogP contribution in [0.1, 0.15) is 173 Å². The smallest absolute Gasteiger partial charge is 0.262 e. The molecule has 4 N–H and O–H groups in total. The third-order valence-corrected chi connectivity index (χ3v) is 19.3. The number of fused-ring (bicyclic) bond motifs is 4. The van der Waals surface area contributed by atoms with Gasteiger partial charge in [-0.15, -0.1) is 0 Å². The summed E-state index contributed by atoms with van der Waals surface area (Å²) in [6.07, 6.45) is 13.3. The maximum atomic E-state index is 14.3. The number of ketones is 2. The van der Waals surface area contributed by atoms with Crippen LogP contribution in [0, 0.1) is 5.92 Å². The summed E-state index contributed by atoms with van der Waals surface area (Å²) < 4.78 is 14.1. The zero-order valence-electron chi connectivity index (χ0n) is 53.0. The van der Waals surface area contributed by atoms with E-state index in [1.54, 1.807) is 47.1 Å². The van der Waals surface area contributed by atoms with Crippen molar-refractivity contribution in [3.63, 3.8) is 0 Å². The van der Waals surface area contributed by atoms with Crippen LogP contribution >= 0.6 is 0 Å². The number of carbonyl (C=O) groups excluding carboxylic acids is 8. The number of nitrogens with zero attached hydrogens (tertiary/aromatic N) is 11. The lowest BCUT2D eigenvalue weighted by Crippen LogP contribution is -2.47. The third kappa shape index (κ3) is 12.7. The van der Waals surface area contributed by atoms with Crippen molar-refractivity contribution >= 4 is 75.3 Å². The van der Waals surface area contributed by atoms with Gasteiger partial charge in [0.2, 0.25) is 0 Å². The van der Waals surface area contributed by atoms with E-state index in [4.69, 9.17) is 15.2 Å². The van der Waals surface area contributed by atoms with Crippen LogP contribution in [0.4, 0.5) is 17.1 Å². The van der Waals surface area contributed by atoms with Crippen molar-refractivity contribution < 1.29 is 47.8 Å². The Labute approximate surface area is 538 Å². The molecule has 24 nitrogen and oxygen atoms in total. The van der Waals surface area contributed by atoms with Gasteiger partial charge in [-0.1, -0.05) is 0 Å². The Kier molecular flexibility index (Phi) is 17.6. The topological polar surface area (TPSA) is 281 Å². The monoisotopic (exact) mass is 1260 g/mol. The first-order valence-electron chi connectivity index (χ1n) is 32.7. The Bertz CT molecular complexity index is 3990. The van der Waals surface area contributed by atoms with Crippen molar-refractivity contribution in [2.75, 3.05) is 61.3 Å². The molecule has 4 fully saturated rings. The minimum absolute atomic E-state index is 0.0232. The Morgan fingerprint density at radius 2 is 1.26 bits per heavy atom. The first-order valence-corrected chi connectivity index (χ1v) is 32.7. The molecule has 6 aromatic rings. The van der Waals surface area contributed by atoms with Crippen LogP contribution in [0.5, 0.6) is 11.5 Å². The number of nitrogens with two attached hydrogens (primary N) is 1. The van der Waals surface area contributed by atoms with Crippen molar-refractivity contribution in [3.05, 3.63) is 136 Å². The molecular formula is C69H78N14O10. The van der Waals surface area contributed by atoms with Crippen LogP contribution in [0.2, 0.25) is 0 Å². The zero-order valence-corrected chi connectivity index (χ0v) is 53.0. The molecule has 0 radical (unpaired) electrons. The maximum absolute atomic E-state index is 14.3. The summed E-state index contributed by atoms with van der Waals surface area (Å²) in [6.45, 7) is 14.6. The highest BCUT2D eigenvalue weighted by atomic mass is 16.5. The van der Waals surface area contributed by atoms with E-state index in [0.29, 0.717) is 102 Å². The van der Waals surface area contributed by atoms with Crippen LogP contribution in [0.25, 0.3) is 11.2 Å². The number of likely N-dealkylation sites (tertiary alicyclic amines) is 2. The van der Waals surface area contributed by atoms with Crippen molar-refractivity contribution in [3.8, 4) is 11.5 Å². The molecule has 93 heavy (non-hydrogen) atoms. The molecule has 484 valence electrons. The van der Waals surface area contributed by atoms with Gasteiger partial charge in [-0.25, -0.2) is 19.5 Å². The number of amides is 6. The predicted octanol–water partition coefficient (Wildman–Crippen LogP) is 7.31. The number of rotatable bonds is 17. The molecule has 1 unspecified atom stereocenters. The molecule has 24 heteroatoms. The average molecular weight is 1260 g/mol. The number of aromatic nitrogens is 5. The van der Waals surface area contributed by atoms with Crippen LogP contribution in [0.15, 0.2) is 85.6 Å².